The lowest BCUT2D eigenvalue weighted by Gasteiger charge is -2.03. The molecule has 1 fully saturated rings. The van der Waals surface area contributed by atoms with Gasteiger partial charge in [0.05, 0.1) is 17.9 Å². The predicted octanol–water partition coefficient (Wildman–Crippen LogP) is 1.57. The largest absolute Gasteiger partial charge is 0.352 e. The third-order valence-corrected chi connectivity index (χ3v) is 3.88. The van der Waals surface area contributed by atoms with Crippen LogP contribution in [0.15, 0.2) is 29.8 Å². The molecule has 1 saturated carbocycles. The lowest BCUT2D eigenvalue weighted by molar-refractivity contribution is -0.120. The van der Waals surface area contributed by atoms with E-state index in [4.69, 9.17) is 0 Å². The Labute approximate surface area is 121 Å². The highest BCUT2D eigenvalue weighted by Crippen LogP contribution is 2.21. The van der Waals surface area contributed by atoms with Gasteiger partial charge in [0, 0.05) is 24.2 Å². The van der Waals surface area contributed by atoms with Crippen molar-refractivity contribution in [2.45, 2.75) is 25.4 Å². The number of carbonyl (C=O) groups is 1. The lowest BCUT2D eigenvalue weighted by Crippen LogP contribution is -2.34. The first-order valence-corrected chi connectivity index (χ1v) is 7.55. The zero-order valence-electron chi connectivity index (χ0n) is 11.0. The molecule has 0 atom stereocenters. The molecule has 2 aromatic rings. The molecule has 0 radical (unpaired) electrons. The number of hydrogen-bond acceptors (Lipinski definition) is 5. The van der Waals surface area contributed by atoms with Gasteiger partial charge in [-0.1, -0.05) is 6.07 Å². The molecule has 104 valence electrons. The Morgan fingerprint density at radius 1 is 1.40 bits per heavy atom. The predicted molar refractivity (Wildman–Crippen MR) is 78.2 cm³/mol. The van der Waals surface area contributed by atoms with Gasteiger partial charge in [-0.25, -0.2) is 4.98 Å². The van der Waals surface area contributed by atoms with Crippen molar-refractivity contribution in [3.8, 4) is 10.7 Å². The molecule has 1 aliphatic carbocycles. The maximum Gasteiger partial charge on any atom is 0.234 e. The zero-order valence-corrected chi connectivity index (χ0v) is 11.8. The van der Waals surface area contributed by atoms with Gasteiger partial charge in [0.15, 0.2) is 0 Å². The van der Waals surface area contributed by atoms with Crippen molar-refractivity contribution in [2.75, 3.05) is 6.54 Å². The fourth-order valence-electron chi connectivity index (χ4n) is 1.81. The molecular formula is C14H16N4OS. The van der Waals surface area contributed by atoms with Crippen LogP contribution in [0.4, 0.5) is 0 Å². The Kier molecular flexibility index (Phi) is 4.03. The summed E-state index contributed by atoms with van der Waals surface area (Å²) in [4.78, 5) is 20.3. The molecule has 0 bridgehead atoms. The molecule has 0 aromatic carbocycles. The molecule has 3 rings (SSSR count). The highest BCUT2D eigenvalue weighted by Gasteiger charge is 2.22. The highest BCUT2D eigenvalue weighted by atomic mass is 32.1. The molecule has 2 N–H and O–H groups in total. The summed E-state index contributed by atoms with van der Waals surface area (Å²) in [5.41, 5.74) is 1.82. The minimum Gasteiger partial charge on any atom is -0.352 e. The lowest BCUT2D eigenvalue weighted by atomic mass is 10.3. The number of thiazole rings is 1. The Balaban J connectivity index is 1.48. The number of carbonyl (C=O) groups excluding carboxylic acids is 1. The van der Waals surface area contributed by atoms with Gasteiger partial charge in [0.1, 0.15) is 5.01 Å². The third-order valence-electron chi connectivity index (χ3n) is 2.97. The topological polar surface area (TPSA) is 66.9 Å². The van der Waals surface area contributed by atoms with Crippen molar-refractivity contribution in [1.82, 2.24) is 20.6 Å². The highest BCUT2D eigenvalue weighted by molar-refractivity contribution is 7.13. The maximum atomic E-state index is 11.5. The molecule has 6 heteroatoms. The van der Waals surface area contributed by atoms with Gasteiger partial charge < -0.3 is 10.6 Å². The van der Waals surface area contributed by atoms with Crippen LogP contribution < -0.4 is 10.6 Å². The second-order valence-corrected chi connectivity index (χ2v) is 5.66. The third kappa shape index (κ3) is 3.61. The molecule has 5 nitrogen and oxygen atoms in total. The number of pyridine rings is 1. The summed E-state index contributed by atoms with van der Waals surface area (Å²) >= 11 is 1.57. The van der Waals surface area contributed by atoms with Gasteiger partial charge >= 0.3 is 0 Å². The van der Waals surface area contributed by atoms with Gasteiger partial charge in [0.25, 0.3) is 0 Å². The molecule has 2 aromatic heterocycles. The van der Waals surface area contributed by atoms with Crippen LogP contribution in [0.25, 0.3) is 10.7 Å². The molecular weight excluding hydrogens is 272 g/mol. The molecule has 0 spiro atoms. The van der Waals surface area contributed by atoms with E-state index in [1.54, 1.807) is 17.5 Å². The number of nitrogens with zero attached hydrogens (tertiary/aromatic N) is 2. The first kappa shape index (κ1) is 13.2. The van der Waals surface area contributed by atoms with E-state index in [-0.39, 0.29) is 5.91 Å². The standard InChI is InChI=1S/C14H16N4OS/c19-13(17-10-4-5-10)8-15-7-11-9-20-14(18-11)12-3-1-2-6-16-12/h1-3,6,9-10,15H,4-5,7-8H2,(H,17,19). The fraction of sp³-hybridized carbons (Fsp3) is 0.357. The van der Waals surface area contributed by atoms with E-state index in [2.05, 4.69) is 20.6 Å². The van der Waals surface area contributed by atoms with Crippen molar-refractivity contribution in [1.29, 1.82) is 0 Å². The van der Waals surface area contributed by atoms with Crippen LogP contribution >= 0.6 is 11.3 Å². The molecule has 0 unspecified atom stereocenters. The van der Waals surface area contributed by atoms with Gasteiger partial charge in [-0.15, -0.1) is 11.3 Å². The van der Waals surface area contributed by atoms with Crippen LogP contribution in [0.2, 0.25) is 0 Å². The number of hydrogen-bond donors (Lipinski definition) is 2. The van der Waals surface area contributed by atoms with Crippen LogP contribution in [0, 0.1) is 0 Å². The number of rotatable bonds is 6. The van der Waals surface area contributed by atoms with Crippen molar-refractivity contribution in [3.63, 3.8) is 0 Å². The monoisotopic (exact) mass is 288 g/mol. The van der Waals surface area contributed by atoms with Gasteiger partial charge in [-0.3, -0.25) is 9.78 Å². The smallest absolute Gasteiger partial charge is 0.234 e. The van der Waals surface area contributed by atoms with Crippen LogP contribution in [-0.2, 0) is 11.3 Å². The zero-order chi connectivity index (χ0) is 13.8. The van der Waals surface area contributed by atoms with E-state index in [0.717, 1.165) is 29.2 Å². The minimum atomic E-state index is 0.0627. The first-order chi connectivity index (χ1) is 9.81. The summed E-state index contributed by atoms with van der Waals surface area (Å²) < 4.78 is 0. The Morgan fingerprint density at radius 2 is 2.30 bits per heavy atom. The van der Waals surface area contributed by atoms with E-state index < -0.39 is 0 Å². The molecule has 1 aliphatic rings. The second-order valence-electron chi connectivity index (χ2n) is 4.80. The SMILES string of the molecule is O=C(CNCc1csc(-c2ccccn2)n1)NC1CC1. The Morgan fingerprint density at radius 3 is 3.05 bits per heavy atom. The van der Waals surface area contributed by atoms with Crippen LogP contribution in [-0.4, -0.2) is 28.5 Å². The van der Waals surface area contributed by atoms with Crippen LogP contribution in [0.3, 0.4) is 0 Å². The van der Waals surface area contributed by atoms with Crippen molar-refractivity contribution >= 4 is 17.2 Å². The van der Waals surface area contributed by atoms with E-state index in [1.807, 2.05) is 23.6 Å². The number of amides is 1. The van der Waals surface area contributed by atoms with Crippen molar-refractivity contribution < 1.29 is 4.79 Å². The summed E-state index contributed by atoms with van der Waals surface area (Å²) in [6, 6.07) is 6.19. The Hall–Kier alpha value is -1.79. The quantitative estimate of drug-likeness (QED) is 0.847. The number of nitrogens with one attached hydrogen (secondary N) is 2. The summed E-state index contributed by atoms with van der Waals surface area (Å²) in [6.45, 7) is 0.939. The average molecular weight is 288 g/mol. The summed E-state index contributed by atoms with van der Waals surface area (Å²) in [5.74, 6) is 0.0627. The molecule has 0 saturated heterocycles. The van der Waals surface area contributed by atoms with E-state index in [9.17, 15) is 4.79 Å². The van der Waals surface area contributed by atoms with Crippen LogP contribution in [0.1, 0.15) is 18.5 Å². The number of aromatic nitrogens is 2. The van der Waals surface area contributed by atoms with Crippen LogP contribution in [0.5, 0.6) is 0 Å². The fourth-order valence-corrected chi connectivity index (χ4v) is 2.60. The van der Waals surface area contributed by atoms with Crippen molar-refractivity contribution in [2.24, 2.45) is 0 Å². The van der Waals surface area contributed by atoms with E-state index in [1.165, 1.54) is 0 Å². The normalized spacial score (nSPS) is 14.2. The summed E-state index contributed by atoms with van der Waals surface area (Å²) in [7, 11) is 0. The van der Waals surface area contributed by atoms with Gasteiger partial charge in [0.2, 0.25) is 5.91 Å². The van der Waals surface area contributed by atoms with E-state index in [0.29, 0.717) is 19.1 Å². The molecule has 1 amide bonds. The summed E-state index contributed by atoms with van der Waals surface area (Å²) in [6.07, 6.45) is 3.99. The Bertz CT molecular complexity index is 580. The van der Waals surface area contributed by atoms with E-state index >= 15 is 0 Å². The van der Waals surface area contributed by atoms with Gasteiger partial charge in [-0.05, 0) is 25.0 Å². The summed E-state index contributed by atoms with van der Waals surface area (Å²) in [5, 5.41) is 8.96. The first-order valence-electron chi connectivity index (χ1n) is 6.67. The average Bonchev–Trinajstić information content (AvgIpc) is 3.15. The van der Waals surface area contributed by atoms with Gasteiger partial charge in [-0.2, -0.15) is 0 Å². The molecule has 0 aliphatic heterocycles. The minimum absolute atomic E-state index is 0.0627. The second kappa shape index (κ2) is 6.11. The maximum absolute atomic E-state index is 11.5. The molecule has 2 heterocycles. The molecule has 20 heavy (non-hydrogen) atoms. The van der Waals surface area contributed by atoms with Crippen molar-refractivity contribution in [3.05, 3.63) is 35.5 Å².